The SMILES string of the molecule is CCOC(=O)c1ccc(NCc2ccc(C)o2)c(N)c1. The van der Waals surface area contributed by atoms with Gasteiger partial charge in [-0.25, -0.2) is 4.79 Å². The van der Waals surface area contributed by atoms with Crippen molar-refractivity contribution in [2.45, 2.75) is 20.4 Å². The van der Waals surface area contributed by atoms with Crippen LogP contribution in [0.15, 0.2) is 34.7 Å². The number of nitrogen functional groups attached to an aromatic ring is 1. The molecule has 0 radical (unpaired) electrons. The molecule has 20 heavy (non-hydrogen) atoms. The van der Waals surface area contributed by atoms with Crippen LogP contribution in [0.1, 0.15) is 28.8 Å². The molecule has 0 fully saturated rings. The molecule has 106 valence electrons. The van der Waals surface area contributed by atoms with Crippen LogP contribution in [0.4, 0.5) is 11.4 Å². The van der Waals surface area contributed by atoms with E-state index in [0.717, 1.165) is 17.2 Å². The number of nitrogens with two attached hydrogens (primary N) is 1. The summed E-state index contributed by atoms with van der Waals surface area (Å²) in [5.41, 5.74) is 7.63. The zero-order valence-corrected chi connectivity index (χ0v) is 11.6. The number of benzene rings is 1. The van der Waals surface area contributed by atoms with Gasteiger partial charge in [-0.3, -0.25) is 0 Å². The fraction of sp³-hybridized carbons (Fsp3) is 0.267. The van der Waals surface area contributed by atoms with E-state index < -0.39 is 0 Å². The number of hydrogen-bond acceptors (Lipinski definition) is 5. The molecule has 3 N–H and O–H groups in total. The molecule has 0 aliphatic heterocycles. The summed E-state index contributed by atoms with van der Waals surface area (Å²) in [6, 6.07) is 8.87. The summed E-state index contributed by atoms with van der Waals surface area (Å²) >= 11 is 0. The summed E-state index contributed by atoms with van der Waals surface area (Å²) in [4.78, 5) is 11.6. The summed E-state index contributed by atoms with van der Waals surface area (Å²) in [6.07, 6.45) is 0. The molecule has 5 heteroatoms. The molecule has 0 unspecified atom stereocenters. The van der Waals surface area contributed by atoms with Crippen LogP contribution in [0, 0.1) is 6.92 Å². The number of ether oxygens (including phenoxy) is 1. The lowest BCUT2D eigenvalue weighted by molar-refractivity contribution is 0.0526. The number of carbonyl (C=O) groups is 1. The Morgan fingerprint density at radius 2 is 2.15 bits per heavy atom. The zero-order chi connectivity index (χ0) is 14.5. The molecular formula is C15H18N2O3. The van der Waals surface area contributed by atoms with Gasteiger partial charge in [0.25, 0.3) is 0 Å². The molecule has 0 aliphatic rings. The van der Waals surface area contributed by atoms with E-state index in [9.17, 15) is 4.79 Å². The Kier molecular flexibility index (Phi) is 4.30. The lowest BCUT2D eigenvalue weighted by Crippen LogP contribution is -2.07. The van der Waals surface area contributed by atoms with Crippen molar-refractivity contribution < 1.29 is 13.9 Å². The van der Waals surface area contributed by atoms with Crippen LogP contribution in [-0.2, 0) is 11.3 Å². The minimum Gasteiger partial charge on any atom is -0.465 e. The van der Waals surface area contributed by atoms with Crippen LogP contribution >= 0.6 is 0 Å². The molecule has 0 amide bonds. The van der Waals surface area contributed by atoms with Crippen molar-refractivity contribution in [3.05, 3.63) is 47.4 Å². The maximum Gasteiger partial charge on any atom is 0.338 e. The molecule has 1 aromatic carbocycles. The van der Waals surface area contributed by atoms with Crippen LogP contribution in [0.25, 0.3) is 0 Å². The molecule has 1 heterocycles. The Balaban J connectivity index is 2.04. The van der Waals surface area contributed by atoms with E-state index in [0.29, 0.717) is 24.4 Å². The van der Waals surface area contributed by atoms with Crippen LogP contribution in [0.2, 0.25) is 0 Å². The minimum atomic E-state index is -0.368. The quantitative estimate of drug-likeness (QED) is 0.647. The predicted molar refractivity (Wildman–Crippen MR) is 77.6 cm³/mol. The normalized spacial score (nSPS) is 10.3. The van der Waals surface area contributed by atoms with E-state index in [1.807, 2.05) is 19.1 Å². The first-order valence-corrected chi connectivity index (χ1v) is 6.46. The van der Waals surface area contributed by atoms with Gasteiger partial charge in [0.1, 0.15) is 11.5 Å². The van der Waals surface area contributed by atoms with E-state index in [1.54, 1.807) is 25.1 Å². The Morgan fingerprint density at radius 1 is 1.35 bits per heavy atom. The van der Waals surface area contributed by atoms with E-state index in [2.05, 4.69) is 5.32 Å². The second kappa shape index (κ2) is 6.14. The fourth-order valence-corrected chi connectivity index (χ4v) is 1.83. The number of nitrogens with one attached hydrogen (secondary N) is 1. The summed E-state index contributed by atoms with van der Waals surface area (Å²) in [5.74, 6) is 1.33. The number of anilines is 2. The van der Waals surface area contributed by atoms with Crippen molar-refractivity contribution >= 4 is 17.3 Å². The third-order valence-electron chi connectivity index (χ3n) is 2.81. The first-order chi connectivity index (χ1) is 9.60. The van der Waals surface area contributed by atoms with Crippen LogP contribution < -0.4 is 11.1 Å². The van der Waals surface area contributed by atoms with Gasteiger partial charge in [-0.05, 0) is 44.2 Å². The summed E-state index contributed by atoms with van der Waals surface area (Å²) in [7, 11) is 0. The highest BCUT2D eigenvalue weighted by Crippen LogP contribution is 2.21. The van der Waals surface area contributed by atoms with Gasteiger partial charge in [0.15, 0.2) is 0 Å². The summed E-state index contributed by atoms with van der Waals surface area (Å²) < 4.78 is 10.4. The Bertz CT molecular complexity index is 605. The van der Waals surface area contributed by atoms with Crippen LogP contribution in [0.5, 0.6) is 0 Å². The van der Waals surface area contributed by atoms with E-state index in [1.165, 1.54) is 0 Å². The Labute approximate surface area is 117 Å². The monoisotopic (exact) mass is 274 g/mol. The topological polar surface area (TPSA) is 77.5 Å². The largest absolute Gasteiger partial charge is 0.465 e. The smallest absolute Gasteiger partial charge is 0.338 e. The highest BCUT2D eigenvalue weighted by atomic mass is 16.5. The van der Waals surface area contributed by atoms with Gasteiger partial charge in [-0.2, -0.15) is 0 Å². The van der Waals surface area contributed by atoms with E-state index in [-0.39, 0.29) is 5.97 Å². The van der Waals surface area contributed by atoms with Crippen molar-refractivity contribution in [2.24, 2.45) is 0 Å². The van der Waals surface area contributed by atoms with Gasteiger partial charge in [-0.15, -0.1) is 0 Å². The second-order valence-electron chi connectivity index (χ2n) is 4.39. The summed E-state index contributed by atoms with van der Waals surface area (Å²) in [5, 5.41) is 3.17. The molecule has 0 saturated heterocycles. The number of rotatable bonds is 5. The molecule has 5 nitrogen and oxygen atoms in total. The molecule has 0 aliphatic carbocycles. The molecule has 2 aromatic rings. The fourth-order valence-electron chi connectivity index (χ4n) is 1.83. The average molecular weight is 274 g/mol. The standard InChI is InChI=1S/C15H18N2O3/c1-3-19-15(18)11-5-7-14(13(16)8-11)17-9-12-6-4-10(2)20-12/h4-8,17H,3,9,16H2,1-2H3. The highest BCUT2D eigenvalue weighted by Gasteiger charge is 2.09. The number of furan rings is 1. The maximum absolute atomic E-state index is 11.6. The van der Waals surface area contributed by atoms with Crippen LogP contribution in [0.3, 0.4) is 0 Å². The number of carbonyl (C=O) groups excluding carboxylic acids is 1. The van der Waals surface area contributed by atoms with Crippen LogP contribution in [-0.4, -0.2) is 12.6 Å². The Hall–Kier alpha value is -2.43. The van der Waals surface area contributed by atoms with Gasteiger partial charge in [0.2, 0.25) is 0 Å². The first-order valence-electron chi connectivity index (χ1n) is 6.46. The third kappa shape index (κ3) is 3.32. The lowest BCUT2D eigenvalue weighted by Gasteiger charge is -2.09. The molecule has 0 saturated carbocycles. The minimum absolute atomic E-state index is 0.344. The van der Waals surface area contributed by atoms with Gasteiger partial charge in [-0.1, -0.05) is 0 Å². The maximum atomic E-state index is 11.6. The number of aryl methyl sites for hydroxylation is 1. The molecule has 0 bridgehead atoms. The van der Waals surface area contributed by atoms with Crippen molar-refractivity contribution in [3.63, 3.8) is 0 Å². The number of hydrogen-bond donors (Lipinski definition) is 2. The van der Waals surface area contributed by atoms with Crippen molar-refractivity contribution in [3.8, 4) is 0 Å². The third-order valence-corrected chi connectivity index (χ3v) is 2.81. The van der Waals surface area contributed by atoms with Gasteiger partial charge in [0.05, 0.1) is 30.1 Å². The van der Waals surface area contributed by atoms with Crippen molar-refractivity contribution in [1.82, 2.24) is 0 Å². The summed E-state index contributed by atoms with van der Waals surface area (Å²) in [6.45, 7) is 4.54. The molecular weight excluding hydrogens is 256 g/mol. The zero-order valence-electron chi connectivity index (χ0n) is 11.6. The van der Waals surface area contributed by atoms with Gasteiger partial charge in [0, 0.05) is 0 Å². The average Bonchev–Trinajstić information content (AvgIpc) is 2.83. The Morgan fingerprint density at radius 3 is 2.75 bits per heavy atom. The molecule has 1 aromatic heterocycles. The predicted octanol–water partition coefficient (Wildman–Crippen LogP) is 2.96. The molecule has 2 rings (SSSR count). The van der Waals surface area contributed by atoms with Crippen molar-refractivity contribution in [2.75, 3.05) is 17.7 Å². The van der Waals surface area contributed by atoms with E-state index in [4.69, 9.17) is 14.9 Å². The first kappa shape index (κ1) is 14.0. The van der Waals surface area contributed by atoms with Gasteiger partial charge < -0.3 is 20.2 Å². The number of esters is 1. The van der Waals surface area contributed by atoms with Crippen molar-refractivity contribution in [1.29, 1.82) is 0 Å². The molecule has 0 atom stereocenters. The molecule has 0 spiro atoms. The lowest BCUT2D eigenvalue weighted by atomic mass is 10.1. The second-order valence-corrected chi connectivity index (χ2v) is 4.39. The van der Waals surface area contributed by atoms with E-state index >= 15 is 0 Å². The van der Waals surface area contributed by atoms with Gasteiger partial charge >= 0.3 is 5.97 Å². The highest BCUT2D eigenvalue weighted by molar-refractivity contribution is 5.91.